The van der Waals surface area contributed by atoms with Crippen LogP contribution in [0.15, 0.2) is 0 Å². The molecule has 4 heteroatoms. The summed E-state index contributed by atoms with van der Waals surface area (Å²) in [7, 11) is 0. The number of primary amides is 1. The van der Waals surface area contributed by atoms with Gasteiger partial charge >= 0.3 is 0 Å². The fraction of sp³-hybridized carbons (Fsp3) is 0.889. The lowest BCUT2D eigenvalue weighted by Gasteiger charge is -2.27. The second kappa shape index (κ2) is 4.58. The molecule has 1 fully saturated rings. The number of hydrogen-bond acceptors (Lipinski definition) is 3. The van der Waals surface area contributed by atoms with Gasteiger partial charge in [0.15, 0.2) is 0 Å². The highest BCUT2D eigenvalue weighted by atomic mass is 16.3. The molecule has 1 aliphatic rings. The van der Waals surface area contributed by atoms with Crippen molar-refractivity contribution in [2.45, 2.75) is 38.3 Å². The molecule has 1 amide bonds. The van der Waals surface area contributed by atoms with Gasteiger partial charge in [-0.2, -0.15) is 0 Å². The monoisotopic (exact) mass is 186 g/mol. The number of aliphatic hydroxyl groups excluding tert-OH is 1. The molecule has 0 spiro atoms. The lowest BCUT2D eigenvalue weighted by molar-refractivity contribution is -0.123. The molecule has 0 aromatic rings. The molecule has 1 rings (SSSR count). The van der Waals surface area contributed by atoms with Crippen LogP contribution in [0, 0.1) is 0 Å². The molecule has 1 atom stereocenters. The molecule has 13 heavy (non-hydrogen) atoms. The summed E-state index contributed by atoms with van der Waals surface area (Å²) in [5.74, 6) is -0.275. The Labute approximate surface area is 78.7 Å². The lowest BCUT2D eigenvalue weighted by Crippen LogP contribution is -2.46. The minimum absolute atomic E-state index is 0.0975. The molecule has 1 saturated carbocycles. The fourth-order valence-electron chi connectivity index (χ4n) is 1.71. The highest BCUT2D eigenvalue weighted by Crippen LogP contribution is 2.28. The number of nitrogens with zero attached hydrogens (tertiary/aromatic N) is 1. The Morgan fingerprint density at radius 3 is 2.62 bits per heavy atom. The van der Waals surface area contributed by atoms with E-state index in [0.29, 0.717) is 12.6 Å². The van der Waals surface area contributed by atoms with Crippen molar-refractivity contribution in [3.05, 3.63) is 0 Å². The summed E-state index contributed by atoms with van der Waals surface area (Å²) in [5, 5.41) is 8.85. The van der Waals surface area contributed by atoms with Crippen molar-refractivity contribution >= 4 is 5.91 Å². The number of carbonyl (C=O) groups excluding carboxylic acids is 1. The standard InChI is InChI=1S/C9H18N2O2/c1-2-8(9(10)13)11(5-6-12)7-3-4-7/h7-8,12H,2-6H2,1H3,(H2,10,13). The van der Waals surface area contributed by atoms with Crippen molar-refractivity contribution in [3.8, 4) is 0 Å². The van der Waals surface area contributed by atoms with Crippen molar-refractivity contribution in [2.24, 2.45) is 5.73 Å². The van der Waals surface area contributed by atoms with Gasteiger partial charge in [-0.15, -0.1) is 0 Å². The molecule has 76 valence electrons. The molecular weight excluding hydrogens is 168 g/mol. The van der Waals surface area contributed by atoms with Gasteiger partial charge in [0.25, 0.3) is 0 Å². The molecule has 1 aliphatic carbocycles. The summed E-state index contributed by atoms with van der Waals surface area (Å²) in [6.45, 7) is 2.61. The predicted molar refractivity (Wildman–Crippen MR) is 50.1 cm³/mol. The SMILES string of the molecule is CCC(C(N)=O)N(CCO)C1CC1. The van der Waals surface area contributed by atoms with E-state index in [4.69, 9.17) is 10.8 Å². The van der Waals surface area contributed by atoms with E-state index in [9.17, 15) is 4.79 Å². The Morgan fingerprint density at radius 2 is 2.31 bits per heavy atom. The Balaban J connectivity index is 2.54. The van der Waals surface area contributed by atoms with Gasteiger partial charge in [-0.3, -0.25) is 9.69 Å². The van der Waals surface area contributed by atoms with E-state index >= 15 is 0 Å². The van der Waals surface area contributed by atoms with Gasteiger partial charge in [0.05, 0.1) is 12.6 Å². The largest absolute Gasteiger partial charge is 0.395 e. The second-order valence-electron chi connectivity index (χ2n) is 3.52. The first-order chi connectivity index (χ1) is 6.20. The van der Waals surface area contributed by atoms with Crippen LogP contribution >= 0.6 is 0 Å². The summed E-state index contributed by atoms with van der Waals surface area (Å²) in [6, 6.07) is 0.282. The molecule has 0 aliphatic heterocycles. The van der Waals surface area contributed by atoms with Crippen LogP contribution in [-0.4, -0.2) is 41.1 Å². The number of rotatable bonds is 6. The van der Waals surface area contributed by atoms with Crippen molar-refractivity contribution in [1.82, 2.24) is 4.90 Å². The Morgan fingerprint density at radius 1 is 1.69 bits per heavy atom. The first-order valence-electron chi connectivity index (χ1n) is 4.86. The summed E-state index contributed by atoms with van der Waals surface area (Å²) >= 11 is 0. The molecule has 0 radical (unpaired) electrons. The lowest BCUT2D eigenvalue weighted by atomic mass is 10.1. The third kappa shape index (κ3) is 2.67. The average Bonchev–Trinajstić information content (AvgIpc) is 2.86. The quantitative estimate of drug-likeness (QED) is 0.599. The van der Waals surface area contributed by atoms with E-state index in [-0.39, 0.29) is 18.6 Å². The summed E-state index contributed by atoms with van der Waals surface area (Å²) in [5.41, 5.74) is 5.28. The molecule has 0 aromatic heterocycles. The number of nitrogens with two attached hydrogens (primary N) is 1. The Kier molecular flexibility index (Phi) is 3.69. The van der Waals surface area contributed by atoms with Crippen LogP contribution in [0.25, 0.3) is 0 Å². The second-order valence-corrected chi connectivity index (χ2v) is 3.52. The van der Waals surface area contributed by atoms with E-state index < -0.39 is 0 Å². The maximum Gasteiger partial charge on any atom is 0.234 e. The molecule has 4 nitrogen and oxygen atoms in total. The molecular formula is C9H18N2O2. The van der Waals surface area contributed by atoms with Crippen LogP contribution < -0.4 is 5.73 Å². The smallest absolute Gasteiger partial charge is 0.234 e. The van der Waals surface area contributed by atoms with Gasteiger partial charge in [0.2, 0.25) is 5.91 Å². The third-order valence-electron chi connectivity index (χ3n) is 2.49. The van der Waals surface area contributed by atoms with Gasteiger partial charge in [-0.05, 0) is 19.3 Å². The normalized spacial score (nSPS) is 19.0. The van der Waals surface area contributed by atoms with Crippen molar-refractivity contribution in [1.29, 1.82) is 0 Å². The van der Waals surface area contributed by atoms with E-state index in [0.717, 1.165) is 19.3 Å². The van der Waals surface area contributed by atoms with Gasteiger partial charge in [0.1, 0.15) is 0 Å². The maximum absolute atomic E-state index is 11.1. The first-order valence-corrected chi connectivity index (χ1v) is 4.86. The summed E-state index contributed by atoms with van der Waals surface area (Å²) < 4.78 is 0. The predicted octanol–water partition coefficient (Wildman–Crippen LogP) is -0.293. The van der Waals surface area contributed by atoms with Gasteiger partial charge in [-0.25, -0.2) is 0 Å². The molecule has 1 unspecified atom stereocenters. The number of hydrogen-bond donors (Lipinski definition) is 2. The summed E-state index contributed by atoms with van der Waals surface area (Å²) in [6.07, 6.45) is 2.99. The Hall–Kier alpha value is -0.610. The minimum atomic E-state index is -0.275. The number of carbonyl (C=O) groups is 1. The zero-order chi connectivity index (χ0) is 9.84. The van der Waals surface area contributed by atoms with Crippen LogP contribution in [0.2, 0.25) is 0 Å². The molecule has 0 aromatic carbocycles. The third-order valence-corrected chi connectivity index (χ3v) is 2.49. The molecule has 0 heterocycles. The molecule has 3 N–H and O–H groups in total. The maximum atomic E-state index is 11.1. The fourth-order valence-corrected chi connectivity index (χ4v) is 1.71. The minimum Gasteiger partial charge on any atom is -0.395 e. The van der Waals surface area contributed by atoms with Gasteiger partial charge in [-0.1, -0.05) is 6.92 Å². The van der Waals surface area contributed by atoms with Crippen molar-refractivity contribution in [3.63, 3.8) is 0 Å². The van der Waals surface area contributed by atoms with E-state index in [1.54, 1.807) is 0 Å². The van der Waals surface area contributed by atoms with Gasteiger partial charge in [0, 0.05) is 12.6 Å². The zero-order valence-corrected chi connectivity index (χ0v) is 8.07. The van der Waals surface area contributed by atoms with Crippen LogP contribution in [0.3, 0.4) is 0 Å². The van der Waals surface area contributed by atoms with E-state index in [1.807, 2.05) is 11.8 Å². The van der Waals surface area contributed by atoms with Crippen LogP contribution in [0.1, 0.15) is 26.2 Å². The average molecular weight is 186 g/mol. The Bertz CT molecular complexity index is 180. The van der Waals surface area contributed by atoms with Crippen LogP contribution in [-0.2, 0) is 4.79 Å². The van der Waals surface area contributed by atoms with Crippen LogP contribution in [0.4, 0.5) is 0 Å². The highest BCUT2D eigenvalue weighted by Gasteiger charge is 2.34. The van der Waals surface area contributed by atoms with E-state index in [1.165, 1.54) is 0 Å². The zero-order valence-electron chi connectivity index (χ0n) is 8.07. The van der Waals surface area contributed by atoms with Crippen molar-refractivity contribution in [2.75, 3.05) is 13.2 Å². The van der Waals surface area contributed by atoms with Crippen molar-refractivity contribution < 1.29 is 9.90 Å². The molecule has 0 bridgehead atoms. The topological polar surface area (TPSA) is 66.6 Å². The van der Waals surface area contributed by atoms with E-state index in [2.05, 4.69) is 0 Å². The van der Waals surface area contributed by atoms with Crippen LogP contribution in [0.5, 0.6) is 0 Å². The number of aliphatic hydroxyl groups is 1. The number of amides is 1. The highest BCUT2D eigenvalue weighted by molar-refractivity contribution is 5.79. The molecule has 0 saturated heterocycles. The first kappa shape index (κ1) is 10.5. The summed E-state index contributed by atoms with van der Waals surface area (Å²) in [4.78, 5) is 13.1. The van der Waals surface area contributed by atoms with Gasteiger partial charge < -0.3 is 10.8 Å².